The van der Waals surface area contributed by atoms with Crippen LogP contribution in [-0.4, -0.2) is 7.32 Å². The van der Waals surface area contributed by atoms with Gasteiger partial charge in [-0.2, -0.15) is 0 Å². The van der Waals surface area contributed by atoms with Crippen LogP contribution in [-0.2, 0) is 31.6 Å². The molecule has 408 valence electrons. The summed E-state index contributed by atoms with van der Waals surface area (Å²) in [7, 11) is -9.49. The Balaban J connectivity index is 1.42. The van der Waals surface area contributed by atoms with Gasteiger partial charge in [0.05, 0.1) is 0 Å². The molecule has 0 atom stereocenters. The molecular weight excluding hydrogens is 1020 g/mol. The number of hydrogen-bond donors (Lipinski definition) is 0. The predicted octanol–water partition coefficient (Wildman–Crippen LogP) is 21.6. The molecule has 0 aromatic heterocycles. The Morgan fingerprint density at radius 2 is 0.392 bits per heavy atom. The molecule has 7 heteroatoms. The summed E-state index contributed by atoms with van der Waals surface area (Å²) in [5.41, 5.74) is 11.0. The van der Waals surface area contributed by atoms with E-state index < -0.39 is 38.2 Å². The van der Waals surface area contributed by atoms with Crippen molar-refractivity contribution in [1.82, 2.24) is 0 Å². The van der Waals surface area contributed by atoms with E-state index in [1.807, 2.05) is 0 Å². The van der Waals surface area contributed by atoms with Gasteiger partial charge in [-0.25, -0.2) is 0 Å². The van der Waals surface area contributed by atoms with Crippen molar-refractivity contribution in [3.05, 3.63) is 268 Å². The highest BCUT2D eigenvalue weighted by atomic mass is 32.3. The molecular formula is C72H81BO3S3. The van der Waals surface area contributed by atoms with Crippen molar-refractivity contribution in [2.24, 2.45) is 0 Å². The van der Waals surface area contributed by atoms with E-state index in [1.54, 1.807) is 0 Å². The highest BCUT2D eigenvalue weighted by molar-refractivity contribution is 8.32. The van der Waals surface area contributed by atoms with Gasteiger partial charge in [-0.3, -0.25) is 0 Å². The highest BCUT2D eigenvalue weighted by Crippen LogP contribution is 2.76. The standard InChI is InChI=1S/C72H81BO3S3/c1-10-13-16-61-31-49-70(50-32-61)77(64-37-19-55(4)20-38-64,65-39-21-56(5)22-40-65)74-73(75-78(66-41-23-57(6)24-42-66,67-43-25-58(7)26-44-67)71-51-33-62(34-52-71)17-14-11-2)76-79(68-45-27-59(8)28-46-68,69-47-29-60(9)30-48-69)72-53-35-63(36-54-72)18-15-12-3/h19-54H,10-18H2,1-9H3. The zero-order valence-electron chi connectivity index (χ0n) is 48.2. The summed E-state index contributed by atoms with van der Waals surface area (Å²) in [5.74, 6) is 0. The van der Waals surface area contributed by atoms with Gasteiger partial charge >= 0.3 is 7.32 Å². The van der Waals surface area contributed by atoms with E-state index in [1.165, 1.54) is 50.1 Å². The molecule has 9 aromatic carbocycles. The molecule has 0 aliphatic heterocycles. The average Bonchev–Trinajstić information content (AvgIpc) is 3.67. The maximum Gasteiger partial charge on any atom is 0.673 e. The SMILES string of the molecule is CCCCc1ccc(S(OB(OS(c2ccc(C)cc2)(c2ccc(C)cc2)c2ccc(CCCC)cc2)OS(c2ccc(C)cc2)(c2ccc(C)cc2)c2ccc(CCCC)cc2)(c2ccc(C)cc2)c2ccc(C)cc2)cc1. The summed E-state index contributed by atoms with van der Waals surface area (Å²) in [5, 5.41) is 0. The molecule has 0 radical (unpaired) electrons. The first-order valence-electron chi connectivity index (χ1n) is 28.6. The monoisotopic (exact) mass is 1100 g/mol. The highest BCUT2D eigenvalue weighted by Gasteiger charge is 2.50. The molecule has 0 saturated heterocycles. The van der Waals surface area contributed by atoms with Crippen LogP contribution < -0.4 is 0 Å². The smallest absolute Gasteiger partial charge is 0.323 e. The minimum Gasteiger partial charge on any atom is -0.323 e. The second-order valence-corrected chi connectivity index (χ2v) is 29.5. The first kappa shape index (κ1) is 57.7. The van der Waals surface area contributed by atoms with Crippen LogP contribution in [0.25, 0.3) is 0 Å². The normalized spacial score (nSPS) is 12.6. The molecule has 0 spiro atoms. The van der Waals surface area contributed by atoms with Crippen LogP contribution in [0, 0.1) is 41.5 Å². The van der Waals surface area contributed by atoms with Gasteiger partial charge in [0, 0.05) is 44.1 Å². The Morgan fingerprint density at radius 1 is 0.241 bits per heavy atom. The fourth-order valence-electron chi connectivity index (χ4n) is 10.2. The quantitative estimate of drug-likeness (QED) is 0.0565. The van der Waals surface area contributed by atoms with Crippen LogP contribution in [0.15, 0.2) is 262 Å². The predicted molar refractivity (Wildman–Crippen MR) is 338 cm³/mol. The lowest BCUT2D eigenvalue weighted by molar-refractivity contribution is 0.353. The van der Waals surface area contributed by atoms with E-state index >= 15 is 0 Å². The van der Waals surface area contributed by atoms with Crippen molar-refractivity contribution < 1.29 is 12.3 Å². The van der Waals surface area contributed by atoms with E-state index in [0.717, 1.165) is 102 Å². The first-order valence-corrected chi connectivity index (χ1v) is 33.3. The van der Waals surface area contributed by atoms with E-state index in [2.05, 4.69) is 281 Å². The van der Waals surface area contributed by atoms with Gasteiger partial charge in [0.2, 0.25) is 0 Å². The molecule has 79 heavy (non-hydrogen) atoms. The Hall–Kier alpha value is -6.03. The molecule has 0 aliphatic carbocycles. The Bertz CT molecular complexity index is 2820. The van der Waals surface area contributed by atoms with Gasteiger partial charge in [0.1, 0.15) is 0 Å². The fourth-order valence-corrected chi connectivity index (χ4v) is 19.4. The second kappa shape index (κ2) is 26.5. The molecule has 0 aliphatic rings. The Kier molecular flexibility index (Phi) is 19.3. The van der Waals surface area contributed by atoms with Gasteiger partial charge in [-0.15, -0.1) is 0 Å². The number of aryl methyl sites for hydroxylation is 9. The zero-order valence-corrected chi connectivity index (χ0v) is 50.6. The van der Waals surface area contributed by atoms with E-state index in [9.17, 15) is 0 Å². The average molecular weight is 1100 g/mol. The summed E-state index contributed by atoms with van der Waals surface area (Å²) in [6, 6.07) is 81.8. The molecule has 9 rings (SSSR count). The summed E-state index contributed by atoms with van der Waals surface area (Å²) in [6.07, 6.45) is 9.79. The summed E-state index contributed by atoms with van der Waals surface area (Å²) in [4.78, 5) is 9.52. The molecule has 0 N–H and O–H groups in total. The van der Waals surface area contributed by atoms with Crippen LogP contribution in [0.2, 0.25) is 0 Å². The maximum absolute atomic E-state index is 8.57. The minimum atomic E-state index is -2.72. The molecule has 0 amide bonds. The second-order valence-electron chi connectivity index (χ2n) is 21.4. The molecule has 0 bridgehead atoms. The van der Waals surface area contributed by atoms with Gasteiger partial charge < -0.3 is 12.3 Å². The van der Waals surface area contributed by atoms with Gasteiger partial charge in [-0.05, 0) is 206 Å². The fraction of sp³-hybridized carbons (Fsp3) is 0.250. The Labute approximate surface area is 480 Å². The largest absolute Gasteiger partial charge is 0.673 e. The third-order valence-corrected chi connectivity index (χ3v) is 24.8. The van der Waals surface area contributed by atoms with Gasteiger partial charge in [0.15, 0.2) is 0 Å². The number of hydrogen-bond acceptors (Lipinski definition) is 3. The number of benzene rings is 9. The molecule has 0 fully saturated rings. The van der Waals surface area contributed by atoms with Crippen LogP contribution in [0.4, 0.5) is 0 Å². The van der Waals surface area contributed by atoms with Crippen LogP contribution in [0.5, 0.6) is 0 Å². The number of rotatable bonds is 24. The summed E-state index contributed by atoms with van der Waals surface area (Å²) < 4.78 is 25.7. The van der Waals surface area contributed by atoms with Crippen molar-refractivity contribution in [2.45, 2.75) is 164 Å². The Morgan fingerprint density at radius 3 is 0.544 bits per heavy atom. The third-order valence-electron chi connectivity index (χ3n) is 15.0. The minimum absolute atomic E-state index is 1.01. The van der Waals surface area contributed by atoms with E-state index in [-0.39, 0.29) is 0 Å². The van der Waals surface area contributed by atoms with E-state index in [4.69, 9.17) is 12.3 Å². The molecule has 3 nitrogen and oxygen atoms in total. The molecule has 0 unspecified atom stereocenters. The van der Waals surface area contributed by atoms with Crippen LogP contribution in [0.3, 0.4) is 0 Å². The third kappa shape index (κ3) is 12.9. The summed E-state index contributed by atoms with van der Waals surface area (Å²) in [6.45, 7) is 19.8. The summed E-state index contributed by atoms with van der Waals surface area (Å²) >= 11 is 0. The maximum atomic E-state index is 8.57. The van der Waals surface area contributed by atoms with Crippen molar-refractivity contribution >= 4 is 38.2 Å². The topological polar surface area (TPSA) is 27.7 Å². The van der Waals surface area contributed by atoms with Crippen molar-refractivity contribution in [2.75, 3.05) is 0 Å². The molecule has 0 heterocycles. The molecule has 9 aromatic rings. The first-order chi connectivity index (χ1) is 38.4. The van der Waals surface area contributed by atoms with Crippen LogP contribution >= 0.6 is 30.9 Å². The van der Waals surface area contributed by atoms with E-state index in [0.29, 0.717) is 0 Å². The van der Waals surface area contributed by atoms with Gasteiger partial charge in [-0.1, -0.05) is 214 Å². The lowest BCUT2D eigenvalue weighted by Crippen LogP contribution is -2.33. The lowest BCUT2D eigenvalue weighted by Gasteiger charge is -2.49. The van der Waals surface area contributed by atoms with Crippen molar-refractivity contribution in [3.8, 4) is 0 Å². The van der Waals surface area contributed by atoms with Crippen molar-refractivity contribution in [3.63, 3.8) is 0 Å². The number of unbranched alkanes of at least 4 members (excludes halogenated alkanes) is 3. The van der Waals surface area contributed by atoms with Gasteiger partial charge in [0.25, 0.3) is 0 Å². The molecule has 0 saturated carbocycles. The lowest BCUT2D eigenvalue weighted by atomic mass is 10.1. The van der Waals surface area contributed by atoms with Crippen LogP contribution in [0.1, 0.15) is 109 Å². The van der Waals surface area contributed by atoms with Crippen molar-refractivity contribution in [1.29, 1.82) is 0 Å². The zero-order chi connectivity index (χ0) is 55.4.